The van der Waals surface area contributed by atoms with Gasteiger partial charge in [0, 0.05) is 11.8 Å². The highest BCUT2D eigenvalue weighted by atomic mass is 16.9. The minimum atomic E-state index is -1.55. The van der Waals surface area contributed by atoms with Gasteiger partial charge in [-0.1, -0.05) is 44.2 Å². The number of aliphatic hydroxyl groups is 1. The number of ether oxygens (including phenoxy) is 1. The SMILES string of the molecule is CCC(CC)C(O)(C(=O)OCC1[C@H]2CNC[C@@H]12)c1ccccc1.O=[N+]([O-])O. The lowest BCUT2D eigenvalue weighted by Crippen LogP contribution is -2.44. The lowest BCUT2D eigenvalue weighted by atomic mass is 9.78. The summed E-state index contributed by atoms with van der Waals surface area (Å²) in [6, 6.07) is 9.23. The van der Waals surface area contributed by atoms with Crippen molar-refractivity contribution >= 4 is 5.97 Å². The van der Waals surface area contributed by atoms with Crippen molar-refractivity contribution in [1.82, 2.24) is 5.32 Å². The molecule has 1 aromatic carbocycles. The summed E-state index contributed by atoms with van der Waals surface area (Å²) in [4.78, 5) is 21.1. The molecule has 3 N–H and O–H groups in total. The van der Waals surface area contributed by atoms with Crippen molar-refractivity contribution < 1.29 is 24.9 Å². The molecule has 8 nitrogen and oxygen atoms in total. The molecule has 2 aliphatic rings. The van der Waals surface area contributed by atoms with E-state index >= 15 is 0 Å². The third-order valence-corrected chi connectivity index (χ3v) is 5.78. The third-order valence-electron chi connectivity index (χ3n) is 5.78. The smallest absolute Gasteiger partial charge is 0.343 e. The minimum absolute atomic E-state index is 0.141. The zero-order chi connectivity index (χ0) is 20.0. The number of hydrogen-bond acceptors (Lipinski definition) is 6. The van der Waals surface area contributed by atoms with Crippen LogP contribution in [0.2, 0.25) is 0 Å². The van der Waals surface area contributed by atoms with Gasteiger partial charge in [-0.25, -0.2) is 4.79 Å². The topological polar surface area (TPSA) is 122 Å². The van der Waals surface area contributed by atoms with Gasteiger partial charge in [0.25, 0.3) is 5.09 Å². The fourth-order valence-electron chi connectivity index (χ4n) is 4.17. The Morgan fingerprint density at radius 2 is 1.81 bits per heavy atom. The monoisotopic (exact) mass is 380 g/mol. The summed E-state index contributed by atoms with van der Waals surface area (Å²) in [6.45, 7) is 6.51. The quantitative estimate of drug-likeness (QED) is 0.375. The van der Waals surface area contributed by atoms with Crippen LogP contribution in [0.4, 0.5) is 0 Å². The second kappa shape index (κ2) is 9.14. The van der Waals surface area contributed by atoms with Gasteiger partial charge in [0.05, 0.1) is 6.61 Å². The van der Waals surface area contributed by atoms with Crippen LogP contribution in [0, 0.1) is 33.8 Å². The number of carbonyl (C=O) groups is 1. The fourth-order valence-corrected chi connectivity index (χ4v) is 4.17. The second-order valence-corrected chi connectivity index (χ2v) is 7.13. The number of hydrogen-bond donors (Lipinski definition) is 3. The van der Waals surface area contributed by atoms with E-state index in [0.29, 0.717) is 29.9 Å². The molecule has 27 heavy (non-hydrogen) atoms. The summed E-state index contributed by atoms with van der Waals surface area (Å²) < 4.78 is 5.59. The first-order chi connectivity index (χ1) is 12.9. The Bertz CT molecular complexity index is 622. The average Bonchev–Trinajstić information content (AvgIpc) is 3.07. The fraction of sp³-hybridized carbons (Fsp3) is 0.632. The highest BCUT2D eigenvalue weighted by Crippen LogP contribution is 2.49. The Hall–Kier alpha value is -2.19. The van der Waals surface area contributed by atoms with Crippen LogP contribution in [0.25, 0.3) is 0 Å². The van der Waals surface area contributed by atoms with Gasteiger partial charge >= 0.3 is 5.97 Å². The van der Waals surface area contributed by atoms with E-state index in [4.69, 9.17) is 20.1 Å². The normalized spacial score (nSPS) is 25.0. The van der Waals surface area contributed by atoms with Gasteiger partial charge in [-0.3, -0.25) is 0 Å². The molecular formula is C19H28N2O6. The number of carbonyl (C=O) groups excluding carboxylic acids is 1. The van der Waals surface area contributed by atoms with Crippen LogP contribution >= 0.6 is 0 Å². The zero-order valence-corrected chi connectivity index (χ0v) is 15.7. The van der Waals surface area contributed by atoms with Crippen molar-refractivity contribution in [3.63, 3.8) is 0 Å². The standard InChI is InChI=1S/C19H27NO3.HNO3/c1-3-13(4-2)19(22,14-8-6-5-7-9-14)18(21)23-12-17-15-10-20-11-16(15)17;2-1(3)4/h5-9,13,15-17,20,22H,3-4,10-12H2,1-2H3;(H,2,3,4)/t15-,16+,17?,19?;. The van der Waals surface area contributed by atoms with Crippen LogP contribution < -0.4 is 5.32 Å². The van der Waals surface area contributed by atoms with Crippen molar-refractivity contribution in [2.45, 2.75) is 32.3 Å². The Balaban J connectivity index is 0.000000596. The molecule has 1 aromatic rings. The first kappa shape index (κ1) is 21.1. The lowest BCUT2D eigenvalue weighted by Gasteiger charge is -2.33. The Labute approximate surface area is 158 Å². The maximum atomic E-state index is 12.8. The van der Waals surface area contributed by atoms with Crippen LogP contribution in [-0.2, 0) is 15.1 Å². The third kappa shape index (κ3) is 4.75. The Kier molecular flexibility index (Phi) is 7.15. The van der Waals surface area contributed by atoms with Crippen molar-refractivity contribution in [3.8, 4) is 0 Å². The molecule has 4 atom stereocenters. The highest BCUT2D eigenvalue weighted by Gasteiger charge is 2.54. The molecule has 0 radical (unpaired) electrons. The molecule has 2 unspecified atom stereocenters. The van der Waals surface area contributed by atoms with E-state index in [0.717, 1.165) is 25.9 Å². The summed E-state index contributed by atoms with van der Waals surface area (Å²) in [7, 11) is 0. The van der Waals surface area contributed by atoms with E-state index in [1.54, 1.807) is 0 Å². The van der Waals surface area contributed by atoms with E-state index in [2.05, 4.69) is 5.32 Å². The van der Waals surface area contributed by atoms with Gasteiger partial charge in [-0.15, -0.1) is 10.1 Å². The van der Waals surface area contributed by atoms with Gasteiger partial charge in [-0.2, -0.15) is 0 Å². The maximum absolute atomic E-state index is 12.8. The predicted molar refractivity (Wildman–Crippen MR) is 97.5 cm³/mol. The minimum Gasteiger partial charge on any atom is -0.463 e. The number of benzene rings is 1. The number of piperidine rings is 1. The molecule has 0 spiro atoms. The summed E-state index contributed by atoms with van der Waals surface area (Å²) in [5.41, 5.74) is -0.913. The highest BCUT2D eigenvalue weighted by molar-refractivity contribution is 5.81. The van der Waals surface area contributed by atoms with Crippen LogP contribution in [0.5, 0.6) is 0 Å². The lowest BCUT2D eigenvalue weighted by molar-refractivity contribution is -0.742. The molecule has 1 aliphatic carbocycles. The van der Waals surface area contributed by atoms with E-state index in [9.17, 15) is 9.90 Å². The van der Waals surface area contributed by atoms with Crippen LogP contribution in [-0.4, -0.2) is 41.1 Å². The molecule has 1 saturated carbocycles. The molecule has 0 aromatic heterocycles. The first-order valence-corrected chi connectivity index (χ1v) is 9.35. The predicted octanol–water partition coefficient (Wildman–Crippen LogP) is 1.97. The molecule has 1 saturated heterocycles. The van der Waals surface area contributed by atoms with E-state index in [1.165, 1.54) is 0 Å². The molecule has 2 fully saturated rings. The van der Waals surface area contributed by atoms with Crippen LogP contribution in [0.15, 0.2) is 30.3 Å². The number of nitrogens with zero attached hydrogens (tertiary/aromatic N) is 1. The van der Waals surface area contributed by atoms with Gasteiger partial charge in [0.1, 0.15) is 0 Å². The van der Waals surface area contributed by atoms with Crippen molar-refractivity contribution in [2.75, 3.05) is 19.7 Å². The van der Waals surface area contributed by atoms with Gasteiger partial charge in [-0.05, 0) is 43.3 Å². The van der Waals surface area contributed by atoms with Crippen molar-refractivity contribution in [3.05, 3.63) is 46.0 Å². The van der Waals surface area contributed by atoms with Gasteiger partial charge < -0.3 is 20.4 Å². The van der Waals surface area contributed by atoms with Crippen molar-refractivity contribution in [1.29, 1.82) is 0 Å². The average molecular weight is 380 g/mol. The first-order valence-electron chi connectivity index (χ1n) is 9.35. The molecule has 8 heteroatoms. The second-order valence-electron chi connectivity index (χ2n) is 7.13. The largest absolute Gasteiger partial charge is 0.463 e. The van der Waals surface area contributed by atoms with E-state index < -0.39 is 16.7 Å². The van der Waals surface area contributed by atoms with Crippen LogP contribution in [0.1, 0.15) is 32.3 Å². The number of rotatable bonds is 7. The summed E-state index contributed by atoms with van der Waals surface area (Å²) in [5, 5.41) is 28.2. The molecular weight excluding hydrogens is 352 g/mol. The molecule has 150 valence electrons. The van der Waals surface area contributed by atoms with Crippen molar-refractivity contribution in [2.24, 2.45) is 23.7 Å². The maximum Gasteiger partial charge on any atom is 0.343 e. The summed E-state index contributed by atoms with van der Waals surface area (Å²) >= 11 is 0. The summed E-state index contributed by atoms with van der Waals surface area (Å²) in [6.07, 6.45) is 1.46. The number of fused-ring (bicyclic) bond motifs is 1. The molecule has 0 bridgehead atoms. The Morgan fingerprint density at radius 1 is 1.30 bits per heavy atom. The van der Waals surface area contributed by atoms with Gasteiger partial charge in [0.15, 0.2) is 5.60 Å². The van der Waals surface area contributed by atoms with E-state index in [-0.39, 0.29) is 5.92 Å². The number of esters is 1. The van der Waals surface area contributed by atoms with Crippen LogP contribution in [0.3, 0.4) is 0 Å². The molecule has 3 rings (SSSR count). The molecule has 1 heterocycles. The summed E-state index contributed by atoms with van der Waals surface area (Å²) in [5.74, 6) is 1.15. The van der Waals surface area contributed by atoms with Gasteiger partial charge in [0.2, 0.25) is 0 Å². The zero-order valence-electron chi connectivity index (χ0n) is 15.7. The molecule has 1 aliphatic heterocycles. The van der Waals surface area contributed by atoms with E-state index in [1.807, 2.05) is 44.2 Å². The Morgan fingerprint density at radius 3 is 2.30 bits per heavy atom. The number of nitrogens with one attached hydrogen (secondary N) is 1. The molecule has 0 amide bonds.